The van der Waals surface area contributed by atoms with Crippen LogP contribution in [0, 0.1) is 11.3 Å². The first-order valence-corrected chi connectivity index (χ1v) is 5.19. The molecule has 86 valence electrons. The minimum atomic E-state index is -0.258. The zero-order valence-electron chi connectivity index (χ0n) is 9.90. The Hall–Kier alpha value is -1.76. The Morgan fingerprint density at radius 3 is 2.06 bits per heavy atom. The van der Waals surface area contributed by atoms with Gasteiger partial charge in [0.25, 0.3) is 0 Å². The van der Waals surface area contributed by atoms with Crippen molar-refractivity contribution in [3.8, 4) is 6.07 Å². The largest absolute Gasteiger partial charge is 0.486 e. The topological polar surface area (TPSA) is 59.3 Å². The molecule has 0 saturated carbocycles. The van der Waals surface area contributed by atoms with Gasteiger partial charge in [-0.05, 0) is 27.7 Å². The second-order valence-electron chi connectivity index (χ2n) is 4.01. The van der Waals surface area contributed by atoms with E-state index in [1.54, 1.807) is 0 Å². The molecule has 0 atom stereocenters. The van der Waals surface area contributed by atoms with E-state index in [2.05, 4.69) is 0 Å². The maximum absolute atomic E-state index is 11.6. The van der Waals surface area contributed by atoms with Crippen molar-refractivity contribution in [2.75, 3.05) is 0 Å². The van der Waals surface area contributed by atoms with Crippen molar-refractivity contribution in [3.63, 3.8) is 0 Å². The minimum absolute atomic E-state index is 0.0593. The molecule has 4 nitrogen and oxygen atoms in total. The first-order chi connectivity index (χ1) is 7.47. The molecular formula is C12H15NO3. The summed E-state index contributed by atoms with van der Waals surface area (Å²) in [6.45, 7) is 7.37. The molecule has 0 spiro atoms. The van der Waals surface area contributed by atoms with Crippen molar-refractivity contribution in [3.05, 3.63) is 23.2 Å². The fraction of sp³-hybridized carbons (Fsp3) is 0.500. The number of carbonyl (C=O) groups is 1. The number of Topliss-reactive ketones (excluding diaryl/α,β-unsaturated/α-hetero) is 1. The monoisotopic (exact) mass is 221 g/mol. The molecule has 0 bridgehead atoms. The van der Waals surface area contributed by atoms with Crippen molar-refractivity contribution < 1.29 is 14.3 Å². The van der Waals surface area contributed by atoms with Gasteiger partial charge < -0.3 is 9.47 Å². The summed E-state index contributed by atoms with van der Waals surface area (Å²) in [7, 11) is 0. The molecule has 1 aliphatic carbocycles. The third-order valence-electron chi connectivity index (χ3n) is 1.82. The van der Waals surface area contributed by atoms with Crippen molar-refractivity contribution in [1.29, 1.82) is 5.26 Å². The van der Waals surface area contributed by atoms with E-state index >= 15 is 0 Å². The van der Waals surface area contributed by atoms with Crippen LogP contribution in [0.25, 0.3) is 0 Å². The van der Waals surface area contributed by atoms with E-state index in [1.807, 2.05) is 33.8 Å². The van der Waals surface area contributed by atoms with Gasteiger partial charge in [-0.25, -0.2) is 0 Å². The number of allylic oxidation sites excluding steroid dienone is 3. The van der Waals surface area contributed by atoms with E-state index in [9.17, 15) is 4.79 Å². The standard InChI is InChI=1S/C12H15NO3/c1-7(2)15-11-9(5-6-13)10(14)12(11)16-8(3)4/h5,7-8H,1-4H3/b9-5+. The quantitative estimate of drug-likeness (QED) is 0.538. The van der Waals surface area contributed by atoms with E-state index < -0.39 is 0 Å². The summed E-state index contributed by atoms with van der Waals surface area (Å²) in [5.41, 5.74) is 0.298. The van der Waals surface area contributed by atoms with Gasteiger partial charge in [-0.3, -0.25) is 4.79 Å². The summed E-state index contributed by atoms with van der Waals surface area (Å²) < 4.78 is 10.8. The molecule has 0 aromatic carbocycles. The van der Waals surface area contributed by atoms with Gasteiger partial charge in [-0.15, -0.1) is 0 Å². The van der Waals surface area contributed by atoms with E-state index in [0.717, 1.165) is 0 Å². The number of rotatable bonds is 4. The Kier molecular flexibility index (Phi) is 3.73. The van der Waals surface area contributed by atoms with Crippen LogP contribution in [-0.2, 0) is 14.3 Å². The third-order valence-corrected chi connectivity index (χ3v) is 1.82. The van der Waals surface area contributed by atoms with Crippen LogP contribution in [0.3, 0.4) is 0 Å². The third kappa shape index (κ3) is 2.43. The van der Waals surface area contributed by atoms with Crippen LogP contribution in [0.5, 0.6) is 0 Å². The van der Waals surface area contributed by atoms with Gasteiger partial charge in [0.2, 0.25) is 11.5 Å². The summed E-state index contributed by atoms with van der Waals surface area (Å²) in [6.07, 6.45) is 1.04. The van der Waals surface area contributed by atoms with Crippen LogP contribution in [0.1, 0.15) is 27.7 Å². The highest BCUT2D eigenvalue weighted by Crippen LogP contribution is 2.33. The number of ketones is 1. The van der Waals surface area contributed by atoms with Gasteiger partial charge in [-0.1, -0.05) is 0 Å². The van der Waals surface area contributed by atoms with Crippen LogP contribution in [0.15, 0.2) is 23.2 Å². The number of nitrogens with zero attached hydrogens (tertiary/aromatic N) is 1. The Morgan fingerprint density at radius 1 is 1.12 bits per heavy atom. The number of nitriles is 1. The van der Waals surface area contributed by atoms with Gasteiger partial charge in [0.15, 0.2) is 5.76 Å². The van der Waals surface area contributed by atoms with Gasteiger partial charge in [0.05, 0.1) is 23.9 Å². The van der Waals surface area contributed by atoms with E-state index in [1.165, 1.54) is 6.08 Å². The number of carbonyl (C=O) groups excluding carboxylic acids is 1. The van der Waals surface area contributed by atoms with Gasteiger partial charge in [-0.2, -0.15) is 5.26 Å². The lowest BCUT2D eigenvalue weighted by Crippen LogP contribution is -2.29. The summed E-state index contributed by atoms with van der Waals surface area (Å²) in [6, 6.07) is 1.82. The lowest BCUT2D eigenvalue weighted by Gasteiger charge is -2.27. The maximum Gasteiger partial charge on any atom is 0.236 e. The molecule has 0 heterocycles. The number of hydrogen-bond donors (Lipinski definition) is 0. The fourth-order valence-corrected chi connectivity index (χ4v) is 1.28. The number of ether oxygens (including phenoxy) is 2. The Balaban J connectivity index is 2.98. The SMILES string of the molecule is CC(C)OC1=C(OC(C)C)/C(=C/C#N)C1=O. The molecule has 1 rings (SSSR count). The molecule has 0 saturated heterocycles. The lowest BCUT2D eigenvalue weighted by atomic mass is 9.95. The summed E-state index contributed by atoms with van der Waals surface area (Å²) in [5, 5.41) is 8.54. The second kappa shape index (κ2) is 4.84. The van der Waals surface area contributed by atoms with Crippen molar-refractivity contribution >= 4 is 5.78 Å². The predicted octanol–water partition coefficient (Wildman–Crippen LogP) is 2.08. The summed E-state index contributed by atoms with van der Waals surface area (Å²) in [5.74, 6) is 0.367. The smallest absolute Gasteiger partial charge is 0.236 e. The summed E-state index contributed by atoms with van der Waals surface area (Å²) >= 11 is 0. The highest BCUT2D eigenvalue weighted by Gasteiger charge is 2.38. The Labute approximate surface area is 95.1 Å². The van der Waals surface area contributed by atoms with Crippen LogP contribution in [-0.4, -0.2) is 18.0 Å². The molecule has 0 fully saturated rings. The molecule has 0 unspecified atom stereocenters. The molecule has 0 aliphatic heterocycles. The molecule has 1 aliphatic rings. The predicted molar refractivity (Wildman–Crippen MR) is 58.2 cm³/mol. The Bertz CT molecular complexity index is 397. The summed E-state index contributed by atoms with van der Waals surface area (Å²) in [4.78, 5) is 11.6. The fourth-order valence-electron chi connectivity index (χ4n) is 1.28. The van der Waals surface area contributed by atoms with Crippen molar-refractivity contribution in [1.82, 2.24) is 0 Å². The van der Waals surface area contributed by atoms with Gasteiger partial charge in [0, 0.05) is 6.08 Å². The average molecular weight is 221 g/mol. The van der Waals surface area contributed by atoms with Crippen LogP contribution >= 0.6 is 0 Å². The van der Waals surface area contributed by atoms with Crippen LogP contribution in [0.2, 0.25) is 0 Å². The van der Waals surface area contributed by atoms with E-state index in [4.69, 9.17) is 14.7 Å². The normalized spacial score (nSPS) is 17.8. The van der Waals surface area contributed by atoms with E-state index in [0.29, 0.717) is 11.3 Å². The van der Waals surface area contributed by atoms with Crippen molar-refractivity contribution in [2.24, 2.45) is 0 Å². The zero-order chi connectivity index (χ0) is 12.3. The first kappa shape index (κ1) is 12.3. The maximum atomic E-state index is 11.6. The van der Waals surface area contributed by atoms with Gasteiger partial charge >= 0.3 is 0 Å². The molecule has 0 amide bonds. The molecule has 0 aromatic heterocycles. The molecule has 16 heavy (non-hydrogen) atoms. The zero-order valence-corrected chi connectivity index (χ0v) is 9.90. The Morgan fingerprint density at radius 2 is 1.62 bits per heavy atom. The lowest BCUT2D eigenvalue weighted by molar-refractivity contribution is -0.119. The van der Waals surface area contributed by atoms with Crippen LogP contribution < -0.4 is 0 Å². The van der Waals surface area contributed by atoms with Crippen LogP contribution in [0.4, 0.5) is 0 Å². The highest BCUT2D eigenvalue weighted by molar-refractivity contribution is 6.18. The number of hydrogen-bond acceptors (Lipinski definition) is 4. The van der Waals surface area contributed by atoms with E-state index in [-0.39, 0.29) is 23.8 Å². The molecule has 4 heteroatoms. The highest BCUT2D eigenvalue weighted by atomic mass is 16.5. The molecular weight excluding hydrogens is 206 g/mol. The first-order valence-electron chi connectivity index (χ1n) is 5.19. The van der Waals surface area contributed by atoms with Gasteiger partial charge in [0.1, 0.15) is 0 Å². The molecule has 0 aromatic rings. The second-order valence-corrected chi connectivity index (χ2v) is 4.01. The average Bonchev–Trinajstić information content (AvgIpc) is 2.20. The minimum Gasteiger partial charge on any atom is -0.486 e. The molecule has 0 N–H and O–H groups in total. The van der Waals surface area contributed by atoms with Crippen molar-refractivity contribution in [2.45, 2.75) is 39.9 Å². The molecule has 0 radical (unpaired) electrons.